The van der Waals surface area contributed by atoms with Crippen molar-refractivity contribution in [2.75, 3.05) is 0 Å². The summed E-state index contributed by atoms with van der Waals surface area (Å²) in [6.07, 6.45) is 5.26. The van der Waals surface area contributed by atoms with Gasteiger partial charge in [0.25, 0.3) is 5.91 Å². The number of nitrogens with one attached hydrogen (secondary N) is 1. The number of halogens is 1. The van der Waals surface area contributed by atoms with Gasteiger partial charge in [-0.15, -0.1) is 0 Å². The van der Waals surface area contributed by atoms with Crippen molar-refractivity contribution in [3.8, 4) is 11.6 Å². The Hall–Kier alpha value is -3.45. The number of hydrogen-bond donors (Lipinski definition) is 1. The van der Waals surface area contributed by atoms with E-state index < -0.39 is 0 Å². The van der Waals surface area contributed by atoms with Crippen LogP contribution in [0.5, 0.6) is 11.6 Å². The lowest BCUT2D eigenvalue weighted by Crippen LogP contribution is -2.24. The smallest absolute Gasteiger partial charge is 0.257 e. The van der Waals surface area contributed by atoms with Gasteiger partial charge in [0, 0.05) is 29.6 Å². The number of carbonyl (C=O) groups is 1. The minimum absolute atomic E-state index is 0.246. The number of pyridine rings is 1. The molecule has 4 aromatic rings. The topological polar surface area (TPSA) is 69.0 Å². The number of aromatic nitrogens is 3. The summed E-state index contributed by atoms with van der Waals surface area (Å²) < 4.78 is 8.63. The van der Waals surface area contributed by atoms with Crippen molar-refractivity contribution in [3.05, 3.63) is 106 Å². The third kappa shape index (κ3) is 4.93. The summed E-state index contributed by atoms with van der Waals surface area (Å²) in [7, 11) is 0. The monoisotopic (exact) mass is 462 g/mol. The molecule has 4 rings (SSSR count). The van der Waals surface area contributed by atoms with E-state index in [1.807, 2.05) is 65.5 Å². The van der Waals surface area contributed by atoms with Gasteiger partial charge < -0.3 is 10.1 Å². The van der Waals surface area contributed by atoms with Gasteiger partial charge in [-0.25, -0.2) is 4.98 Å². The summed E-state index contributed by atoms with van der Waals surface area (Å²) in [5, 5.41) is 7.23. The second-order valence-corrected chi connectivity index (χ2v) is 7.48. The van der Waals surface area contributed by atoms with E-state index in [0.717, 1.165) is 15.6 Å². The van der Waals surface area contributed by atoms with Crippen molar-refractivity contribution in [2.24, 2.45) is 0 Å². The maximum absolute atomic E-state index is 12.9. The predicted molar refractivity (Wildman–Crippen MR) is 117 cm³/mol. The van der Waals surface area contributed by atoms with Crippen molar-refractivity contribution in [3.63, 3.8) is 0 Å². The molecule has 2 aromatic carbocycles. The van der Waals surface area contributed by atoms with Gasteiger partial charge in [-0.2, -0.15) is 5.10 Å². The average Bonchev–Trinajstić information content (AvgIpc) is 3.28. The summed E-state index contributed by atoms with van der Waals surface area (Å²) >= 11 is 3.39. The Morgan fingerprint density at radius 2 is 1.77 bits per heavy atom. The normalized spacial score (nSPS) is 10.6. The second-order valence-electron chi connectivity index (χ2n) is 6.57. The lowest BCUT2D eigenvalue weighted by Gasteiger charge is -2.13. The fraction of sp³-hybridized carbons (Fsp3) is 0.0870. The van der Waals surface area contributed by atoms with Gasteiger partial charge in [-0.05, 0) is 53.6 Å². The molecule has 1 amide bonds. The number of ether oxygens (including phenoxy) is 1. The standard InChI is InChI=1S/C23H19BrN4O2/c24-19-8-10-20(11-9-19)30-23-21(7-3-12-25-23)22(29)26-15-17-5-1-2-6-18(17)16-28-14-4-13-27-28/h1-14H,15-16H2,(H,26,29). The zero-order valence-corrected chi connectivity index (χ0v) is 17.6. The van der Waals surface area contributed by atoms with E-state index in [4.69, 9.17) is 4.74 Å². The molecule has 7 heteroatoms. The molecule has 0 aliphatic rings. The van der Waals surface area contributed by atoms with Gasteiger partial charge in [0.1, 0.15) is 11.3 Å². The highest BCUT2D eigenvalue weighted by molar-refractivity contribution is 9.10. The lowest BCUT2D eigenvalue weighted by atomic mass is 10.1. The SMILES string of the molecule is O=C(NCc1ccccc1Cn1cccn1)c1cccnc1Oc1ccc(Br)cc1. The zero-order chi connectivity index (χ0) is 20.8. The first kappa shape index (κ1) is 19.8. The van der Waals surface area contributed by atoms with Crippen LogP contribution in [0.4, 0.5) is 0 Å². The number of benzene rings is 2. The summed E-state index contributed by atoms with van der Waals surface area (Å²) in [5.41, 5.74) is 2.50. The largest absolute Gasteiger partial charge is 0.438 e. The van der Waals surface area contributed by atoms with Crippen molar-refractivity contribution >= 4 is 21.8 Å². The quantitative estimate of drug-likeness (QED) is 0.427. The minimum atomic E-state index is -0.246. The Bertz CT molecular complexity index is 1130. The summed E-state index contributed by atoms with van der Waals surface area (Å²) in [4.78, 5) is 17.1. The van der Waals surface area contributed by atoms with Crippen LogP contribution in [0.2, 0.25) is 0 Å². The Kier molecular flexibility index (Phi) is 6.20. The number of rotatable bonds is 7. The van der Waals surface area contributed by atoms with Crippen LogP contribution in [0, 0.1) is 0 Å². The maximum atomic E-state index is 12.9. The fourth-order valence-electron chi connectivity index (χ4n) is 2.98. The van der Waals surface area contributed by atoms with Crippen molar-refractivity contribution in [1.29, 1.82) is 0 Å². The van der Waals surface area contributed by atoms with Gasteiger partial charge in [0.15, 0.2) is 0 Å². The first-order chi connectivity index (χ1) is 14.7. The van der Waals surface area contributed by atoms with Gasteiger partial charge in [-0.1, -0.05) is 40.2 Å². The van der Waals surface area contributed by atoms with Gasteiger partial charge in [-0.3, -0.25) is 9.48 Å². The van der Waals surface area contributed by atoms with Gasteiger partial charge in [0.2, 0.25) is 5.88 Å². The number of carbonyl (C=O) groups excluding carboxylic acids is 1. The molecule has 30 heavy (non-hydrogen) atoms. The van der Waals surface area contributed by atoms with Crippen LogP contribution in [-0.2, 0) is 13.1 Å². The van der Waals surface area contributed by atoms with E-state index in [-0.39, 0.29) is 11.8 Å². The first-order valence-electron chi connectivity index (χ1n) is 9.40. The molecule has 1 N–H and O–H groups in total. The van der Waals surface area contributed by atoms with Crippen molar-refractivity contribution < 1.29 is 9.53 Å². The molecule has 0 unspecified atom stereocenters. The van der Waals surface area contributed by atoms with Crippen LogP contribution in [0.25, 0.3) is 0 Å². The molecular weight excluding hydrogens is 444 g/mol. The molecule has 0 bridgehead atoms. The van der Waals surface area contributed by atoms with E-state index in [9.17, 15) is 4.79 Å². The van der Waals surface area contributed by atoms with Crippen LogP contribution in [0.1, 0.15) is 21.5 Å². The summed E-state index contributed by atoms with van der Waals surface area (Å²) in [6, 6.07) is 20.6. The molecule has 0 radical (unpaired) electrons. The Balaban J connectivity index is 1.47. The minimum Gasteiger partial charge on any atom is -0.438 e. The predicted octanol–water partition coefficient (Wildman–Crippen LogP) is 4.81. The lowest BCUT2D eigenvalue weighted by molar-refractivity contribution is 0.0948. The van der Waals surface area contributed by atoms with Crippen LogP contribution >= 0.6 is 15.9 Å². The van der Waals surface area contributed by atoms with Crippen LogP contribution in [0.3, 0.4) is 0 Å². The molecule has 0 saturated heterocycles. The van der Waals surface area contributed by atoms with E-state index in [1.165, 1.54) is 0 Å². The Morgan fingerprint density at radius 3 is 2.53 bits per heavy atom. The molecule has 150 valence electrons. The zero-order valence-electron chi connectivity index (χ0n) is 16.0. The first-order valence-corrected chi connectivity index (χ1v) is 10.2. The molecule has 6 nitrogen and oxygen atoms in total. The molecular formula is C23H19BrN4O2. The third-order valence-electron chi connectivity index (χ3n) is 4.49. The van der Waals surface area contributed by atoms with E-state index >= 15 is 0 Å². The summed E-state index contributed by atoms with van der Waals surface area (Å²) in [6.45, 7) is 1.03. The number of amides is 1. The summed E-state index contributed by atoms with van der Waals surface area (Å²) in [5.74, 6) is 0.627. The second kappa shape index (κ2) is 9.37. The average molecular weight is 463 g/mol. The Morgan fingerprint density at radius 1 is 0.967 bits per heavy atom. The molecule has 0 spiro atoms. The number of nitrogens with zero attached hydrogens (tertiary/aromatic N) is 3. The maximum Gasteiger partial charge on any atom is 0.257 e. The Labute approximate surface area is 182 Å². The highest BCUT2D eigenvalue weighted by Gasteiger charge is 2.15. The van der Waals surface area contributed by atoms with E-state index in [1.54, 1.807) is 24.5 Å². The van der Waals surface area contributed by atoms with Crippen molar-refractivity contribution in [2.45, 2.75) is 13.1 Å². The number of hydrogen-bond acceptors (Lipinski definition) is 4. The van der Waals surface area contributed by atoms with Crippen molar-refractivity contribution in [1.82, 2.24) is 20.1 Å². The van der Waals surface area contributed by atoms with E-state index in [0.29, 0.717) is 24.4 Å². The van der Waals surface area contributed by atoms with Crippen LogP contribution in [0.15, 0.2) is 89.8 Å². The van der Waals surface area contributed by atoms with Crippen LogP contribution < -0.4 is 10.1 Å². The molecule has 0 saturated carbocycles. The van der Waals surface area contributed by atoms with Crippen LogP contribution in [-0.4, -0.2) is 20.7 Å². The van der Waals surface area contributed by atoms with E-state index in [2.05, 4.69) is 31.3 Å². The molecule has 2 heterocycles. The molecule has 2 aromatic heterocycles. The van der Waals surface area contributed by atoms with Gasteiger partial charge in [0.05, 0.1) is 6.54 Å². The molecule has 0 atom stereocenters. The molecule has 0 aliphatic carbocycles. The molecule has 0 aliphatic heterocycles. The molecule has 0 fully saturated rings. The highest BCUT2D eigenvalue weighted by Crippen LogP contribution is 2.24. The highest BCUT2D eigenvalue weighted by atomic mass is 79.9. The third-order valence-corrected chi connectivity index (χ3v) is 5.02. The van der Waals surface area contributed by atoms with Gasteiger partial charge >= 0.3 is 0 Å². The fourth-order valence-corrected chi connectivity index (χ4v) is 3.25.